The van der Waals surface area contributed by atoms with Crippen LogP contribution in [0.3, 0.4) is 0 Å². The molecule has 0 amide bonds. The molecule has 0 bridgehead atoms. The maximum atomic E-state index is 6.03. The number of halogens is 1. The highest BCUT2D eigenvalue weighted by Crippen LogP contribution is 2.10. The average molecular weight is 258 g/mol. The van der Waals surface area contributed by atoms with Crippen LogP contribution in [-0.2, 0) is 0 Å². The lowest BCUT2D eigenvalue weighted by atomic mass is 10.2. The van der Waals surface area contributed by atoms with Crippen molar-refractivity contribution in [1.29, 1.82) is 0 Å². The Morgan fingerprint density at radius 2 is 2.29 bits per heavy atom. The zero-order valence-corrected chi connectivity index (χ0v) is 11.2. The minimum absolute atomic E-state index is 0.210. The molecule has 1 N–H and O–H groups in total. The molecule has 1 aromatic heterocycles. The number of nitrogens with zero attached hydrogens (tertiary/aromatic N) is 2. The van der Waals surface area contributed by atoms with Crippen LogP contribution in [0.5, 0.6) is 5.88 Å². The van der Waals surface area contributed by atoms with Gasteiger partial charge < -0.3 is 10.1 Å². The number of alkyl halides is 1. The second-order valence-electron chi connectivity index (χ2n) is 3.79. The van der Waals surface area contributed by atoms with Crippen LogP contribution >= 0.6 is 11.6 Å². The monoisotopic (exact) mass is 257 g/mol. The quantitative estimate of drug-likeness (QED) is 0.727. The van der Waals surface area contributed by atoms with Gasteiger partial charge in [-0.05, 0) is 19.3 Å². The fourth-order valence-corrected chi connectivity index (χ4v) is 1.37. The largest absolute Gasteiger partial charge is 0.478 e. The van der Waals surface area contributed by atoms with E-state index >= 15 is 0 Å². The van der Waals surface area contributed by atoms with Gasteiger partial charge in [-0.15, -0.1) is 11.6 Å². The van der Waals surface area contributed by atoms with Crippen LogP contribution in [0.15, 0.2) is 12.3 Å². The van der Waals surface area contributed by atoms with Crippen molar-refractivity contribution < 1.29 is 4.74 Å². The number of rotatable bonds is 8. The summed E-state index contributed by atoms with van der Waals surface area (Å²) in [5.41, 5.74) is 0. The minimum atomic E-state index is 0.210. The smallest absolute Gasteiger partial charge is 0.225 e. The van der Waals surface area contributed by atoms with Crippen LogP contribution in [0.2, 0.25) is 0 Å². The summed E-state index contributed by atoms with van der Waals surface area (Å²) < 4.78 is 5.43. The third kappa shape index (κ3) is 5.73. The number of nitrogens with one attached hydrogen (secondary N) is 1. The summed E-state index contributed by atoms with van der Waals surface area (Å²) in [5, 5.41) is 3.35. The number of hydrogen-bond donors (Lipinski definition) is 1. The highest BCUT2D eigenvalue weighted by Gasteiger charge is 2.02. The van der Waals surface area contributed by atoms with Gasteiger partial charge in [0.25, 0.3) is 0 Å². The number of ether oxygens (including phenoxy) is 1. The van der Waals surface area contributed by atoms with Crippen molar-refractivity contribution in [3.63, 3.8) is 0 Å². The summed E-state index contributed by atoms with van der Waals surface area (Å²) in [6, 6.07) is 1.76. The van der Waals surface area contributed by atoms with E-state index < -0.39 is 0 Å². The fourth-order valence-electron chi connectivity index (χ4n) is 1.26. The zero-order valence-electron chi connectivity index (χ0n) is 10.4. The van der Waals surface area contributed by atoms with E-state index in [4.69, 9.17) is 16.3 Å². The normalized spacial score (nSPS) is 12.2. The fraction of sp³-hybridized carbons (Fsp3) is 0.667. The van der Waals surface area contributed by atoms with Crippen LogP contribution in [0.25, 0.3) is 0 Å². The molecule has 0 saturated carbocycles. The van der Waals surface area contributed by atoms with Crippen molar-refractivity contribution >= 4 is 17.5 Å². The lowest BCUT2D eigenvalue weighted by molar-refractivity contribution is 0.305. The molecule has 0 saturated heterocycles. The Hall–Kier alpha value is -1.03. The zero-order chi connectivity index (χ0) is 12.5. The molecule has 0 spiro atoms. The summed E-state index contributed by atoms with van der Waals surface area (Å²) in [5.74, 6) is 1.21. The molecule has 4 nitrogen and oxygen atoms in total. The molecule has 1 unspecified atom stereocenters. The van der Waals surface area contributed by atoms with Crippen LogP contribution in [0.4, 0.5) is 5.95 Å². The number of hydrogen-bond acceptors (Lipinski definition) is 4. The van der Waals surface area contributed by atoms with Gasteiger partial charge in [0.15, 0.2) is 0 Å². The van der Waals surface area contributed by atoms with Gasteiger partial charge in [-0.25, -0.2) is 4.98 Å². The first-order chi connectivity index (χ1) is 8.26. The van der Waals surface area contributed by atoms with Gasteiger partial charge in [-0.3, -0.25) is 0 Å². The van der Waals surface area contributed by atoms with Crippen LogP contribution in [0.1, 0.15) is 33.1 Å². The van der Waals surface area contributed by atoms with Gasteiger partial charge in [0.1, 0.15) is 0 Å². The second kappa shape index (κ2) is 8.12. The highest BCUT2D eigenvalue weighted by molar-refractivity contribution is 6.20. The van der Waals surface area contributed by atoms with Gasteiger partial charge in [0.05, 0.1) is 6.61 Å². The molecule has 1 heterocycles. The third-order valence-corrected chi connectivity index (χ3v) is 2.79. The molecule has 1 rings (SSSR count). The Morgan fingerprint density at radius 1 is 1.47 bits per heavy atom. The Balaban J connectivity index is 2.37. The van der Waals surface area contributed by atoms with E-state index in [9.17, 15) is 0 Å². The van der Waals surface area contributed by atoms with Crippen molar-refractivity contribution in [2.75, 3.05) is 18.5 Å². The Kier molecular flexibility index (Phi) is 6.70. The predicted octanol–water partition coefficient (Wildman–Crippen LogP) is 3.08. The van der Waals surface area contributed by atoms with E-state index in [-0.39, 0.29) is 5.38 Å². The van der Waals surface area contributed by atoms with Gasteiger partial charge >= 0.3 is 0 Å². The SMILES string of the molecule is CCCOc1ccnc(NCCC(Cl)CC)n1. The van der Waals surface area contributed by atoms with Crippen molar-refractivity contribution in [1.82, 2.24) is 9.97 Å². The number of anilines is 1. The molecule has 0 aromatic carbocycles. The molecule has 0 aliphatic rings. The summed E-state index contributed by atoms with van der Waals surface area (Å²) in [4.78, 5) is 8.37. The predicted molar refractivity (Wildman–Crippen MR) is 70.9 cm³/mol. The molecule has 0 aliphatic heterocycles. The Bertz CT molecular complexity index is 322. The first-order valence-corrected chi connectivity index (χ1v) is 6.53. The topological polar surface area (TPSA) is 47.0 Å². The number of aromatic nitrogens is 2. The average Bonchev–Trinajstić information content (AvgIpc) is 2.36. The van der Waals surface area contributed by atoms with Crippen LogP contribution in [-0.4, -0.2) is 28.5 Å². The molecule has 1 aromatic rings. The Labute approximate surface area is 108 Å². The first kappa shape index (κ1) is 14.0. The minimum Gasteiger partial charge on any atom is -0.478 e. The van der Waals surface area contributed by atoms with Gasteiger partial charge in [0, 0.05) is 24.2 Å². The lowest BCUT2D eigenvalue weighted by Crippen LogP contribution is -2.10. The molecule has 5 heteroatoms. The van der Waals surface area contributed by atoms with Gasteiger partial charge in [-0.2, -0.15) is 4.98 Å². The van der Waals surface area contributed by atoms with E-state index in [2.05, 4.69) is 29.1 Å². The molecule has 1 atom stereocenters. The van der Waals surface area contributed by atoms with Gasteiger partial charge in [0.2, 0.25) is 11.8 Å². The molecule has 17 heavy (non-hydrogen) atoms. The van der Waals surface area contributed by atoms with Crippen LogP contribution < -0.4 is 10.1 Å². The molecular formula is C12H20ClN3O. The van der Waals surface area contributed by atoms with Crippen LogP contribution in [0, 0.1) is 0 Å². The second-order valence-corrected chi connectivity index (χ2v) is 4.41. The maximum Gasteiger partial charge on any atom is 0.225 e. The van der Waals surface area contributed by atoms with E-state index in [0.717, 1.165) is 25.8 Å². The summed E-state index contributed by atoms with van der Waals surface area (Å²) in [7, 11) is 0. The molecule has 96 valence electrons. The molecule has 0 fully saturated rings. The molecule has 0 aliphatic carbocycles. The van der Waals surface area contributed by atoms with E-state index in [0.29, 0.717) is 18.4 Å². The summed E-state index contributed by atoms with van der Waals surface area (Å²) in [6.45, 7) is 5.59. The molecule has 0 radical (unpaired) electrons. The van der Waals surface area contributed by atoms with Crippen molar-refractivity contribution in [3.05, 3.63) is 12.3 Å². The van der Waals surface area contributed by atoms with E-state index in [1.165, 1.54) is 0 Å². The third-order valence-electron chi connectivity index (χ3n) is 2.27. The van der Waals surface area contributed by atoms with Crippen molar-refractivity contribution in [2.24, 2.45) is 0 Å². The summed E-state index contributed by atoms with van der Waals surface area (Å²) in [6.07, 6.45) is 4.54. The first-order valence-electron chi connectivity index (χ1n) is 6.10. The van der Waals surface area contributed by atoms with Crippen molar-refractivity contribution in [3.8, 4) is 5.88 Å². The maximum absolute atomic E-state index is 6.03. The highest BCUT2D eigenvalue weighted by atomic mass is 35.5. The lowest BCUT2D eigenvalue weighted by Gasteiger charge is -2.09. The standard InChI is InChI=1S/C12H20ClN3O/c1-3-9-17-11-6-8-15-12(16-11)14-7-5-10(13)4-2/h6,8,10H,3-5,7,9H2,1-2H3,(H,14,15,16). The Morgan fingerprint density at radius 3 is 3.00 bits per heavy atom. The van der Waals surface area contributed by atoms with E-state index in [1.54, 1.807) is 12.3 Å². The van der Waals surface area contributed by atoms with Crippen molar-refractivity contribution in [2.45, 2.75) is 38.5 Å². The summed E-state index contributed by atoms with van der Waals surface area (Å²) >= 11 is 6.03. The molecular weight excluding hydrogens is 238 g/mol. The van der Waals surface area contributed by atoms with Gasteiger partial charge in [-0.1, -0.05) is 13.8 Å². The van der Waals surface area contributed by atoms with E-state index in [1.807, 2.05) is 0 Å².